The molecule has 0 aromatic heterocycles. The van der Waals surface area contributed by atoms with Gasteiger partial charge in [0.1, 0.15) is 0 Å². The summed E-state index contributed by atoms with van der Waals surface area (Å²) in [5.41, 5.74) is 8.50. The minimum Gasteiger partial charge on any atom is -0.283 e. The molecule has 2 aliphatic carbocycles. The molecule has 3 atom stereocenters. The molecular formula is C24H42N4O. The van der Waals surface area contributed by atoms with Crippen molar-refractivity contribution < 1.29 is 4.79 Å². The summed E-state index contributed by atoms with van der Waals surface area (Å²) in [6.45, 7) is 6.56. The molecule has 0 heterocycles. The average molecular weight is 403 g/mol. The standard InChI is InChI=1S/C24H42N4O/c1-4-9-18(2)21-13-8-12-20(16-21)17-22(23(29)28(3)24(25)27-26)15-14-19-10-6-5-7-11-19/h19-22,25-26H,2,4-17H2,1,3H3/t20-,21-,22-/m0/s1. The van der Waals surface area contributed by atoms with Crippen LogP contribution in [0.5, 0.6) is 0 Å². The fourth-order valence-electron chi connectivity index (χ4n) is 5.51. The summed E-state index contributed by atoms with van der Waals surface area (Å²) < 4.78 is 0. The molecule has 0 aromatic rings. The van der Waals surface area contributed by atoms with Gasteiger partial charge >= 0.3 is 0 Å². The van der Waals surface area contributed by atoms with Crippen LogP contribution in [-0.4, -0.2) is 23.8 Å². The van der Waals surface area contributed by atoms with E-state index >= 15 is 0 Å². The van der Waals surface area contributed by atoms with Gasteiger partial charge in [-0.05, 0) is 56.3 Å². The minimum absolute atomic E-state index is 0.0173. The van der Waals surface area contributed by atoms with Crippen LogP contribution in [0.3, 0.4) is 0 Å². The van der Waals surface area contributed by atoms with Crippen molar-refractivity contribution in [1.82, 2.24) is 4.90 Å². The molecule has 164 valence electrons. The number of nitrogens with zero attached hydrogens (tertiary/aromatic N) is 2. The van der Waals surface area contributed by atoms with Gasteiger partial charge in [-0.25, -0.2) is 5.53 Å². The van der Waals surface area contributed by atoms with Gasteiger partial charge in [0.15, 0.2) is 0 Å². The van der Waals surface area contributed by atoms with Crippen LogP contribution >= 0.6 is 0 Å². The SMILES string of the molecule is C=C(CCC)[C@H]1CCC[C@H](C[C@H](CCC2CCCCC2)C(=O)N(C)C(=N)N=N)C1. The topological polar surface area (TPSA) is 80.4 Å². The quantitative estimate of drug-likeness (QED) is 0.186. The van der Waals surface area contributed by atoms with E-state index in [1.165, 1.54) is 61.8 Å². The van der Waals surface area contributed by atoms with Gasteiger partial charge < -0.3 is 0 Å². The van der Waals surface area contributed by atoms with E-state index in [9.17, 15) is 4.79 Å². The van der Waals surface area contributed by atoms with Crippen LogP contribution in [0, 0.1) is 34.6 Å². The number of carbonyl (C=O) groups excluding carboxylic acids is 1. The minimum atomic E-state index is -0.254. The molecule has 29 heavy (non-hydrogen) atoms. The molecule has 5 heteroatoms. The molecule has 0 aromatic carbocycles. The number of hydrogen-bond donors (Lipinski definition) is 2. The van der Waals surface area contributed by atoms with Crippen molar-refractivity contribution in [2.75, 3.05) is 7.05 Å². The van der Waals surface area contributed by atoms with Gasteiger partial charge in [-0.2, -0.15) is 0 Å². The van der Waals surface area contributed by atoms with Crippen LogP contribution < -0.4 is 0 Å². The molecule has 0 saturated heterocycles. The first-order valence-electron chi connectivity index (χ1n) is 11.9. The van der Waals surface area contributed by atoms with E-state index in [1.54, 1.807) is 7.05 Å². The third kappa shape index (κ3) is 7.35. The summed E-state index contributed by atoms with van der Waals surface area (Å²) in [4.78, 5) is 14.4. The fourth-order valence-corrected chi connectivity index (χ4v) is 5.51. The predicted molar refractivity (Wildman–Crippen MR) is 119 cm³/mol. The number of hydrogen-bond acceptors (Lipinski definition) is 3. The van der Waals surface area contributed by atoms with Crippen molar-refractivity contribution in [2.45, 2.75) is 96.8 Å². The number of allylic oxidation sites excluding steroid dienone is 1. The van der Waals surface area contributed by atoms with Gasteiger partial charge in [-0.15, -0.1) is 5.11 Å². The largest absolute Gasteiger partial charge is 0.283 e. The van der Waals surface area contributed by atoms with Gasteiger partial charge in [-0.1, -0.05) is 70.4 Å². The summed E-state index contributed by atoms with van der Waals surface area (Å²) in [6.07, 6.45) is 16.7. The summed E-state index contributed by atoms with van der Waals surface area (Å²) in [7, 11) is 1.60. The smallest absolute Gasteiger partial charge is 0.243 e. The Morgan fingerprint density at radius 2 is 1.83 bits per heavy atom. The van der Waals surface area contributed by atoms with Crippen molar-refractivity contribution in [2.24, 2.45) is 28.8 Å². The molecule has 0 bridgehead atoms. The third-order valence-corrected chi connectivity index (χ3v) is 7.30. The van der Waals surface area contributed by atoms with Crippen molar-refractivity contribution in [3.63, 3.8) is 0 Å². The molecule has 2 N–H and O–H groups in total. The lowest BCUT2D eigenvalue weighted by Gasteiger charge is -2.33. The van der Waals surface area contributed by atoms with E-state index in [0.29, 0.717) is 11.8 Å². The van der Waals surface area contributed by atoms with Crippen LogP contribution in [-0.2, 0) is 4.79 Å². The molecule has 0 aliphatic heterocycles. The summed E-state index contributed by atoms with van der Waals surface area (Å²) in [5, 5.41) is 11.0. The molecule has 1 amide bonds. The Morgan fingerprint density at radius 1 is 1.14 bits per heavy atom. The molecule has 2 aliphatic rings. The van der Waals surface area contributed by atoms with Gasteiger partial charge in [0, 0.05) is 13.0 Å². The van der Waals surface area contributed by atoms with Crippen LogP contribution in [0.2, 0.25) is 0 Å². The van der Waals surface area contributed by atoms with Crippen molar-refractivity contribution in [1.29, 1.82) is 10.9 Å². The highest BCUT2D eigenvalue weighted by Gasteiger charge is 2.31. The van der Waals surface area contributed by atoms with Crippen LogP contribution in [0.15, 0.2) is 17.3 Å². The molecule has 5 nitrogen and oxygen atoms in total. The zero-order chi connectivity index (χ0) is 21.2. The van der Waals surface area contributed by atoms with E-state index in [0.717, 1.165) is 44.4 Å². The maximum atomic E-state index is 13.1. The normalized spacial score (nSPS) is 23.9. The highest BCUT2D eigenvalue weighted by atomic mass is 16.2. The third-order valence-electron chi connectivity index (χ3n) is 7.30. The highest BCUT2D eigenvalue weighted by Crippen LogP contribution is 2.39. The number of carbonyl (C=O) groups is 1. The molecule has 0 spiro atoms. The zero-order valence-electron chi connectivity index (χ0n) is 18.7. The van der Waals surface area contributed by atoms with Crippen molar-refractivity contribution in [3.05, 3.63) is 12.2 Å². The Bertz CT molecular complexity index is 567. The first-order chi connectivity index (χ1) is 14.0. The summed E-state index contributed by atoms with van der Waals surface area (Å²) in [5.74, 6) is 1.62. The Balaban J connectivity index is 2.00. The van der Waals surface area contributed by atoms with Crippen molar-refractivity contribution >= 4 is 11.9 Å². The first kappa shape index (κ1) is 23.8. The van der Waals surface area contributed by atoms with Crippen molar-refractivity contribution in [3.8, 4) is 0 Å². The number of nitrogens with one attached hydrogen (secondary N) is 2. The number of guanidine groups is 1. The molecule has 2 saturated carbocycles. The lowest BCUT2D eigenvalue weighted by molar-refractivity contribution is -0.131. The van der Waals surface area contributed by atoms with Gasteiger partial charge in [0.25, 0.3) is 0 Å². The molecule has 2 fully saturated rings. The van der Waals surface area contributed by atoms with Crippen LogP contribution in [0.4, 0.5) is 0 Å². The van der Waals surface area contributed by atoms with E-state index in [-0.39, 0.29) is 17.8 Å². The number of amides is 1. The second-order valence-corrected chi connectivity index (χ2v) is 9.48. The van der Waals surface area contributed by atoms with E-state index in [2.05, 4.69) is 18.6 Å². The van der Waals surface area contributed by atoms with E-state index in [1.807, 2.05) is 0 Å². The van der Waals surface area contributed by atoms with Crippen LogP contribution in [0.1, 0.15) is 96.8 Å². The maximum absolute atomic E-state index is 13.1. The molecule has 2 rings (SSSR count). The zero-order valence-corrected chi connectivity index (χ0v) is 18.7. The first-order valence-corrected chi connectivity index (χ1v) is 11.9. The average Bonchev–Trinajstić information content (AvgIpc) is 2.76. The predicted octanol–water partition coefficient (Wildman–Crippen LogP) is 6.94. The fraction of sp³-hybridized carbons (Fsp3) is 0.833. The molecule has 0 unspecified atom stereocenters. The lowest BCUT2D eigenvalue weighted by atomic mass is 9.73. The second-order valence-electron chi connectivity index (χ2n) is 9.48. The van der Waals surface area contributed by atoms with E-state index in [4.69, 9.17) is 10.9 Å². The Kier molecular flexibility index (Phi) is 10.0. The second kappa shape index (κ2) is 12.2. The molecular weight excluding hydrogens is 360 g/mol. The maximum Gasteiger partial charge on any atom is 0.243 e. The number of rotatable bonds is 9. The Hall–Kier alpha value is -1.52. The summed E-state index contributed by atoms with van der Waals surface area (Å²) >= 11 is 0. The lowest BCUT2D eigenvalue weighted by Crippen LogP contribution is -2.37. The van der Waals surface area contributed by atoms with Gasteiger partial charge in [-0.3, -0.25) is 15.1 Å². The Morgan fingerprint density at radius 3 is 2.48 bits per heavy atom. The van der Waals surface area contributed by atoms with E-state index < -0.39 is 0 Å². The van der Waals surface area contributed by atoms with Gasteiger partial charge in [0.2, 0.25) is 11.9 Å². The monoisotopic (exact) mass is 402 g/mol. The Labute approximate surface area is 177 Å². The summed E-state index contributed by atoms with van der Waals surface area (Å²) in [6, 6.07) is 0. The molecule has 0 radical (unpaired) electrons. The van der Waals surface area contributed by atoms with Gasteiger partial charge in [0.05, 0.1) is 0 Å². The highest BCUT2D eigenvalue weighted by molar-refractivity contribution is 5.96. The van der Waals surface area contributed by atoms with Crippen LogP contribution in [0.25, 0.3) is 0 Å².